The van der Waals surface area contributed by atoms with E-state index in [1.54, 1.807) is 18.3 Å². The van der Waals surface area contributed by atoms with Gasteiger partial charge in [-0.05, 0) is 67.8 Å². The average molecular weight is 540 g/mol. The van der Waals surface area contributed by atoms with Crippen LogP contribution >= 0.6 is 35.3 Å². The molecule has 0 spiro atoms. The molecule has 0 fully saturated rings. The summed E-state index contributed by atoms with van der Waals surface area (Å²) in [6.07, 6.45) is 1.82. The van der Waals surface area contributed by atoms with Crippen molar-refractivity contribution >= 4 is 41.3 Å². The highest BCUT2D eigenvalue weighted by atomic mass is 127. The lowest BCUT2D eigenvalue weighted by molar-refractivity contribution is 0.0621. The minimum atomic E-state index is -0.959. The number of aromatic nitrogens is 3. The second-order valence-corrected chi connectivity index (χ2v) is 7.98. The van der Waals surface area contributed by atoms with Gasteiger partial charge in [0.15, 0.2) is 11.8 Å². The van der Waals surface area contributed by atoms with Crippen LogP contribution in [0.2, 0.25) is 0 Å². The molecular weight excluding hydrogens is 511 g/mol. The van der Waals surface area contributed by atoms with E-state index in [1.807, 2.05) is 66.7 Å². The Balaban J connectivity index is 0.00000320. The largest absolute Gasteiger partial charge is 0.384 e. The third-order valence-electron chi connectivity index (χ3n) is 4.54. The van der Waals surface area contributed by atoms with Gasteiger partial charge >= 0.3 is 0 Å². The zero-order valence-corrected chi connectivity index (χ0v) is 20.9. The SMILES string of the molecule is CCNC(=NCc1ccc(-n2nc(C)cc2C)nc1)NCC(C)(O)c1ccsc1.I. The molecule has 3 aromatic heterocycles. The lowest BCUT2D eigenvalue weighted by Crippen LogP contribution is -2.44. The van der Waals surface area contributed by atoms with E-state index in [0.717, 1.165) is 34.9 Å². The van der Waals surface area contributed by atoms with E-state index in [2.05, 4.69) is 25.7 Å². The second-order valence-electron chi connectivity index (χ2n) is 7.20. The summed E-state index contributed by atoms with van der Waals surface area (Å²) in [5.41, 5.74) is 2.96. The molecule has 0 aliphatic rings. The lowest BCUT2D eigenvalue weighted by atomic mass is 9.99. The van der Waals surface area contributed by atoms with Gasteiger partial charge in [0.2, 0.25) is 0 Å². The molecular formula is C21H29IN6OS. The zero-order valence-electron chi connectivity index (χ0n) is 17.7. The summed E-state index contributed by atoms with van der Waals surface area (Å²) in [6, 6.07) is 7.92. The maximum Gasteiger partial charge on any atom is 0.191 e. The van der Waals surface area contributed by atoms with E-state index in [4.69, 9.17) is 0 Å². The molecule has 0 saturated heterocycles. The van der Waals surface area contributed by atoms with E-state index < -0.39 is 5.60 Å². The maximum atomic E-state index is 10.7. The van der Waals surface area contributed by atoms with E-state index >= 15 is 0 Å². The minimum Gasteiger partial charge on any atom is -0.384 e. The van der Waals surface area contributed by atoms with Crippen molar-refractivity contribution < 1.29 is 5.11 Å². The summed E-state index contributed by atoms with van der Waals surface area (Å²) in [5.74, 6) is 1.45. The fourth-order valence-corrected chi connectivity index (χ4v) is 3.72. The van der Waals surface area contributed by atoms with Gasteiger partial charge in [-0.15, -0.1) is 24.0 Å². The Kier molecular flexibility index (Phi) is 8.80. The van der Waals surface area contributed by atoms with E-state index in [9.17, 15) is 5.11 Å². The van der Waals surface area contributed by atoms with Crippen molar-refractivity contribution in [2.24, 2.45) is 4.99 Å². The monoisotopic (exact) mass is 540 g/mol. The fourth-order valence-electron chi connectivity index (χ4n) is 2.94. The number of nitrogens with zero attached hydrogens (tertiary/aromatic N) is 4. The van der Waals surface area contributed by atoms with Crippen molar-refractivity contribution in [2.45, 2.75) is 39.8 Å². The first-order chi connectivity index (χ1) is 13.9. The number of halogens is 1. The average Bonchev–Trinajstić information content (AvgIpc) is 3.35. The minimum absolute atomic E-state index is 0. The van der Waals surface area contributed by atoms with Crippen molar-refractivity contribution in [3.05, 3.63) is 63.7 Å². The summed E-state index contributed by atoms with van der Waals surface area (Å²) in [7, 11) is 0. The van der Waals surface area contributed by atoms with Gasteiger partial charge in [-0.2, -0.15) is 16.4 Å². The van der Waals surface area contributed by atoms with Crippen molar-refractivity contribution in [1.82, 2.24) is 25.4 Å². The highest BCUT2D eigenvalue weighted by Gasteiger charge is 2.23. The molecule has 0 aliphatic heterocycles. The van der Waals surface area contributed by atoms with Gasteiger partial charge in [-0.3, -0.25) is 0 Å². The van der Waals surface area contributed by atoms with Crippen molar-refractivity contribution in [3.8, 4) is 5.82 Å². The van der Waals surface area contributed by atoms with Crippen LogP contribution in [0.3, 0.4) is 0 Å². The van der Waals surface area contributed by atoms with Gasteiger partial charge in [0.1, 0.15) is 5.60 Å². The topological polar surface area (TPSA) is 87.4 Å². The standard InChI is InChI=1S/C21H28N6OS.HI/c1-5-22-20(25-14-21(4,28)18-8-9-29-13-18)24-12-17-6-7-19(23-11-17)27-16(3)10-15(2)26-27;/h6-11,13,28H,5,12,14H2,1-4H3,(H2,22,24,25);1H. The van der Waals surface area contributed by atoms with Crippen LogP contribution in [0.5, 0.6) is 0 Å². The molecule has 0 saturated carbocycles. The highest BCUT2D eigenvalue weighted by molar-refractivity contribution is 14.0. The number of guanidine groups is 1. The van der Waals surface area contributed by atoms with Crippen LogP contribution in [0.4, 0.5) is 0 Å². The molecule has 3 rings (SSSR count). The quantitative estimate of drug-likeness (QED) is 0.243. The van der Waals surface area contributed by atoms with Gasteiger partial charge in [0.25, 0.3) is 0 Å². The summed E-state index contributed by atoms with van der Waals surface area (Å²) in [5, 5.41) is 25.5. The first kappa shape index (κ1) is 24.3. The summed E-state index contributed by atoms with van der Waals surface area (Å²) in [6.45, 7) is 9.38. The van der Waals surface area contributed by atoms with Crippen LogP contribution in [-0.4, -0.2) is 38.9 Å². The molecule has 0 aliphatic carbocycles. The van der Waals surface area contributed by atoms with Crippen LogP contribution in [0, 0.1) is 13.8 Å². The number of hydrogen-bond donors (Lipinski definition) is 3. The van der Waals surface area contributed by atoms with Crippen LogP contribution < -0.4 is 10.6 Å². The van der Waals surface area contributed by atoms with E-state index in [-0.39, 0.29) is 24.0 Å². The smallest absolute Gasteiger partial charge is 0.191 e. The molecule has 1 unspecified atom stereocenters. The number of aliphatic imine (C=N–C) groups is 1. The molecule has 3 heterocycles. The van der Waals surface area contributed by atoms with Gasteiger partial charge in [-0.25, -0.2) is 14.7 Å². The van der Waals surface area contributed by atoms with Gasteiger partial charge < -0.3 is 15.7 Å². The fraction of sp³-hybridized carbons (Fsp3) is 0.381. The third kappa shape index (κ3) is 6.26. The predicted molar refractivity (Wildman–Crippen MR) is 133 cm³/mol. The van der Waals surface area contributed by atoms with Crippen LogP contribution in [0.15, 0.2) is 46.2 Å². The number of pyridine rings is 1. The number of aryl methyl sites for hydroxylation is 2. The molecule has 0 amide bonds. The normalized spacial score (nSPS) is 13.4. The second kappa shape index (κ2) is 10.9. The lowest BCUT2D eigenvalue weighted by Gasteiger charge is -2.24. The van der Waals surface area contributed by atoms with Crippen LogP contribution in [-0.2, 0) is 12.1 Å². The Morgan fingerprint density at radius 2 is 2.07 bits per heavy atom. The third-order valence-corrected chi connectivity index (χ3v) is 5.23. The summed E-state index contributed by atoms with van der Waals surface area (Å²) >= 11 is 1.57. The molecule has 0 bridgehead atoms. The number of nitrogens with one attached hydrogen (secondary N) is 2. The number of thiophene rings is 1. The Morgan fingerprint density at radius 3 is 2.63 bits per heavy atom. The molecule has 3 N–H and O–H groups in total. The van der Waals surface area contributed by atoms with Gasteiger partial charge in [0.05, 0.1) is 18.8 Å². The zero-order chi connectivity index (χ0) is 20.9. The molecule has 30 heavy (non-hydrogen) atoms. The van der Waals surface area contributed by atoms with E-state index in [1.165, 1.54) is 0 Å². The molecule has 3 aromatic rings. The molecule has 7 nitrogen and oxygen atoms in total. The number of aliphatic hydroxyl groups is 1. The molecule has 9 heteroatoms. The summed E-state index contributed by atoms with van der Waals surface area (Å²) < 4.78 is 1.83. The van der Waals surface area contributed by atoms with Crippen molar-refractivity contribution in [1.29, 1.82) is 0 Å². The molecule has 1 atom stereocenters. The van der Waals surface area contributed by atoms with E-state index in [0.29, 0.717) is 19.0 Å². The van der Waals surface area contributed by atoms with Crippen molar-refractivity contribution in [2.75, 3.05) is 13.1 Å². The number of rotatable bonds is 7. The molecule has 0 radical (unpaired) electrons. The van der Waals surface area contributed by atoms with Crippen LogP contribution in [0.25, 0.3) is 5.82 Å². The number of hydrogen-bond acceptors (Lipinski definition) is 5. The Morgan fingerprint density at radius 1 is 1.27 bits per heavy atom. The van der Waals surface area contributed by atoms with Crippen LogP contribution in [0.1, 0.15) is 36.4 Å². The van der Waals surface area contributed by atoms with Gasteiger partial charge in [0, 0.05) is 18.4 Å². The highest BCUT2D eigenvalue weighted by Crippen LogP contribution is 2.22. The molecule has 0 aromatic carbocycles. The summed E-state index contributed by atoms with van der Waals surface area (Å²) in [4.78, 5) is 9.13. The predicted octanol–water partition coefficient (Wildman–Crippen LogP) is 3.53. The Hall–Kier alpha value is -1.98. The Labute approximate surface area is 198 Å². The Bertz CT molecular complexity index is 951. The first-order valence-corrected chi connectivity index (χ1v) is 10.6. The van der Waals surface area contributed by atoms with Crippen molar-refractivity contribution in [3.63, 3.8) is 0 Å². The van der Waals surface area contributed by atoms with Gasteiger partial charge in [-0.1, -0.05) is 6.07 Å². The maximum absolute atomic E-state index is 10.7. The first-order valence-electron chi connectivity index (χ1n) is 9.65. The molecule has 162 valence electrons.